The van der Waals surface area contributed by atoms with Crippen molar-refractivity contribution in [1.29, 1.82) is 0 Å². The maximum absolute atomic E-state index is 12.0. The van der Waals surface area contributed by atoms with Gasteiger partial charge in [0.15, 0.2) is 0 Å². The van der Waals surface area contributed by atoms with E-state index in [4.69, 9.17) is 0 Å². The number of carboxylic acids is 1. The van der Waals surface area contributed by atoms with Gasteiger partial charge in [-0.25, -0.2) is 0 Å². The summed E-state index contributed by atoms with van der Waals surface area (Å²) in [6.45, 7) is 0. The molecule has 0 saturated heterocycles. The maximum atomic E-state index is 12.0. The highest BCUT2D eigenvalue weighted by Crippen LogP contribution is 2.40. The first-order chi connectivity index (χ1) is 9.62. The highest BCUT2D eigenvalue weighted by Gasteiger charge is 2.43. The van der Waals surface area contributed by atoms with Crippen LogP contribution in [0.3, 0.4) is 0 Å². The first-order valence-corrected chi connectivity index (χ1v) is 6.91. The van der Waals surface area contributed by atoms with Gasteiger partial charge in [0.25, 0.3) is 0 Å². The predicted molar refractivity (Wildman–Crippen MR) is 75.6 cm³/mol. The molecular weight excluding hydrogens is 252 g/mol. The largest absolute Gasteiger partial charge is 0.481 e. The number of carboxylic acid groups (broad SMARTS) is 1. The van der Waals surface area contributed by atoms with E-state index >= 15 is 0 Å². The quantitative estimate of drug-likeness (QED) is 0.931. The molecule has 0 saturated carbocycles. The highest BCUT2D eigenvalue weighted by molar-refractivity contribution is 5.83. The molecule has 0 aliphatic heterocycles. The minimum atomic E-state index is -0.808. The molecule has 104 valence electrons. The fraction of sp³-hybridized carbons (Fsp3) is 0.375. The van der Waals surface area contributed by atoms with Crippen LogP contribution in [0.25, 0.3) is 0 Å². The van der Waals surface area contributed by atoms with Gasteiger partial charge in [-0.2, -0.15) is 5.10 Å². The van der Waals surface area contributed by atoms with Crippen LogP contribution in [0.1, 0.15) is 29.5 Å². The first-order valence-electron chi connectivity index (χ1n) is 6.91. The maximum Gasteiger partial charge on any atom is 0.314 e. The normalized spacial score (nSPS) is 21.4. The van der Waals surface area contributed by atoms with Gasteiger partial charge in [0.1, 0.15) is 0 Å². The topological polar surface area (TPSA) is 55.1 Å². The standard InChI is InChI=1S/C16H18N2O2/c1-18-11-12(10-17-18)9-16(15(19)20)8-4-6-13-5-2-3-7-14(13)16/h2-3,5,7,10-11H,4,6,8-9H2,1H3,(H,19,20). The van der Waals surface area contributed by atoms with Gasteiger partial charge in [-0.05, 0) is 42.4 Å². The van der Waals surface area contributed by atoms with Gasteiger partial charge in [0.2, 0.25) is 0 Å². The van der Waals surface area contributed by atoms with E-state index in [9.17, 15) is 9.90 Å². The van der Waals surface area contributed by atoms with E-state index in [2.05, 4.69) is 11.2 Å². The van der Waals surface area contributed by atoms with Crippen molar-refractivity contribution < 1.29 is 9.90 Å². The summed E-state index contributed by atoms with van der Waals surface area (Å²) in [6, 6.07) is 7.94. The summed E-state index contributed by atoms with van der Waals surface area (Å²) in [7, 11) is 1.85. The van der Waals surface area contributed by atoms with E-state index in [0.717, 1.165) is 24.0 Å². The third-order valence-corrected chi connectivity index (χ3v) is 4.26. The number of aromatic nitrogens is 2. The van der Waals surface area contributed by atoms with Gasteiger partial charge in [-0.3, -0.25) is 9.48 Å². The Bertz CT molecular complexity index is 647. The molecule has 0 amide bonds. The van der Waals surface area contributed by atoms with Crippen LogP contribution in [0.15, 0.2) is 36.7 Å². The summed E-state index contributed by atoms with van der Waals surface area (Å²) in [5.41, 5.74) is 2.32. The summed E-state index contributed by atoms with van der Waals surface area (Å²) in [4.78, 5) is 12.0. The number of carbonyl (C=O) groups is 1. The van der Waals surface area contributed by atoms with Crippen LogP contribution < -0.4 is 0 Å². The lowest BCUT2D eigenvalue weighted by Gasteiger charge is -2.35. The first kappa shape index (κ1) is 12.9. The Morgan fingerprint density at radius 1 is 1.45 bits per heavy atom. The summed E-state index contributed by atoms with van der Waals surface area (Å²) >= 11 is 0. The van der Waals surface area contributed by atoms with Crippen LogP contribution in [0.5, 0.6) is 0 Å². The average molecular weight is 270 g/mol. The van der Waals surface area contributed by atoms with Crippen LogP contribution in [0.4, 0.5) is 0 Å². The summed E-state index contributed by atoms with van der Waals surface area (Å²) < 4.78 is 1.72. The number of hydrogen-bond donors (Lipinski definition) is 1. The molecule has 1 atom stereocenters. The SMILES string of the molecule is Cn1cc(CC2(C(=O)O)CCCc3ccccc32)cn1. The summed E-state index contributed by atoms with van der Waals surface area (Å²) in [5.74, 6) is -0.728. The molecule has 1 unspecified atom stereocenters. The van der Waals surface area contributed by atoms with Crippen molar-refractivity contribution in [3.05, 3.63) is 53.3 Å². The number of nitrogens with zero attached hydrogens (tertiary/aromatic N) is 2. The zero-order valence-electron chi connectivity index (χ0n) is 11.5. The molecule has 0 fully saturated rings. The van der Waals surface area contributed by atoms with Crippen LogP contribution >= 0.6 is 0 Å². The van der Waals surface area contributed by atoms with Gasteiger partial charge in [0, 0.05) is 13.2 Å². The second-order valence-electron chi connectivity index (χ2n) is 5.60. The Morgan fingerprint density at radius 2 is 2.25 bits per heavy atom. The summed E-state index contributed by atoms with van der Waals surface area (Å²) in [6.07, 6.45) is 6.76. The number of fused-ring (bicyclic) bond motifs is 1. The molecule has 0 radical (unpaired) electrons. The van der Waals surface area contributed by atoms with Crippen molar-refractivity contribution in [3.63, 3.8) is 0 Å². The Hall–Kier alpha value is -2.10. The molecule has 1 N–H and O–H groups in total. The molecule has 4 nitrogen and oxygen atoms in total. The van der Waals surface area contributed by atoms with Gasteiger partial charge < -0.3 is 5.11 Å². The van der Waals surface area contributed by atoms with Crippen LogP contribution in [0, 0.1) is 0 Å². The van der Waals surface area contributed by atoms with E-state index in [1.807, 2.05) is 31.4 Å². The van der Waals surface area contributed by atoms with Crippen LogP contribution in [0.2, 0.25) is 0 Å². The number of aryl methyl sites for hydroxylation is 2. The molecular formula is C16H18N2O2. The van der Waals surface area contributed by atoms with Gasteiger partial charge in [0.05, 0.1) is 11.6 Å². The zero-order valence-corrected chi connectivity index (χ0v) is 11.5. The van der Waals surface area contributed by atoms with Crippen LogP contribution in [-0.4, -0.2) is 20.9 Å². The van der Waals surface area contributed by atoms with E-state index < -0.39 is 11.4 Å². The Balaban J connectivity index is 2.07. The smallest absolute Gasteiger partial charge is 0.314 e. The fourth-order valence-electron chi connectivity index (χ4n) is 3.31. The van der Waals surface area contributed by atoms with Crippen molar-refractivity contribution in [1.82, 2.24) is 9.78 Å². The molecule has 1 aliphatic rings. The lowest BCUT2D eigenvalue weighted by atomic mass is 9.67. The third kappa shape index (κ3) is 2.01. The molecule has 4 heteroatoms. The number of benzene rings is 1. The monoisotopic (exact) mass is 270 g/mol. The molecule has 1 aromatic carbocycles. The van der Waals surface area contributed by atoms with Crippen molar-refractivity contribution in [2.75, 3.05) is 0 Å². The molecule has 20 heavy (non-hydrogen) atoms. The zero-order chi connectivity index (χ0) is 14.2. The second kappa shape index (κ2) is 4.78. The Morgan fingerprint density at radius 3 is 2.95 bits per heavy atom. The second-order valence-corrected chi connectivity index (χ2v) is 5.60. The molecule has 3 rings (SSSR count). The molecule has 1 heterocycles. The minimum Gasteiger partial charge on any atom is -0.481 e. The predicted octanol–water partition coefficient (Wildman–Crippen LogP) is 2.32. The van der Waals surface area contributed by atoms with Crippen molar-refractivity contribution in [2.45, 2.75) is 31.1 Å². The summed E-state index contributed by atoms with van der Waals surface area (Å²) in [5, 5.41) is 14.0. The fourth-order valence-corrected chi connectivity index (χ4v) is 3.31. The highest BCUT2D eigenvalue weighted by atomic mass is 16.4. The lowest BCUT2D eigenvalue weighted by Crippen LogP contribution is -2.41. The number of aliphatic carboxylic acids is 1. The van der Waals surface area contributed by atoms with Crippen molar-refractivity contribution in [2.24, 2.45) is 7.05 Å². The molecule has 0 spiro atoms. The average Bonchev–Trinajstić information content (AvgIpc) is 2.84. The Labute approximate surface area is 118 Å². The number of rotatable bonds is 3. The van der Waals surface area contributed by atoms with Crippen molar-refractivity contribution >= 4 is 5.97 Å². The molecule has 1 aliphatic carbocycles. The van der Waals surface area contributed by atoms with E-state index in [0.29, 0.717) is 12.8 Å². The Kier molecular flexibility index (Phi) is 3.08. The minimum absolute atomic E-state index is 0.507. The van der Waals surface area contributed by atoms with Gasteiger partial charge >= 0.3 is 5.97 Å². The van der Waals surface area contributed by atoms with Crippen LogP contribution in [-0.2, 0) is 30.1 Å². The van der Waals surface area contributed by atoms with E-state index in [-0.39, 0.29) is 0 Å². The van der Waals surface area contributed by atoms with Gasteiger partial charge in [-0.15, -0.1) is 0 Å². The van der Waals surface area contributed by atoms with E-state index in [1.54, 1.807) is 10.9 Å². The third-order valence-electron chi connectivity index (χ3n) is 4.26. The lowest BCUT2D eigenvalue weighted by molar-refractivity contribution is -0.144. The van der Waals surface area contributed by atoms with Crippen molar-refractivity contribution in [3.8, 4) is 0 Å². The molecule has 1 aromatic heterocycles. The molecule has 2 aromatic rings. The molecule has 0 bridgehead atoms. The van der Waals surface area contributed by atoms with Gasteiger partial charge in [-0.1, -0.05) is 24.3 Å². The van der Waals surface area contributed by atoms with E-state index in [1.165, 1.54) is 5.56 Å². The number of hydrogen-bond acceptors (Lipinski definition) is 2.